The van der Waals surface area contributed by atoms with E-state index in [9.17, 15) is 0 Å². The van der Waals surface area contributed by atoms with Gasteiger partial charge >= 0.3 is 0 Å². The molecule has 0 unspecified atom stereocenters. The highest BCUT2D eigenvalue weighted by molar-refractivity contribution is 7.15. The summed E-state index contributed by atoms with van der Waals surface area (Å²) in [5.41, 5.74) is 0. The summed E-state index contributed by atoms with van der Waals surface area (Å²) in [6.45, 7) is 2.07. The van der Waals surface area contributed by atoms with Crippen LogP contribution in [0.2, 0.25) is 5.15 Å². The average molecular weight is 199 g/mol. The van der Waals surface area contributed by atoms with Crippen LogP contribution in [0.25, 0.3) is 10.7 Å². The van der Waals surface area contributed by atoms with Crippen molar-refractivity contribution in [2.75, 3.05) is 0 Å². The number of hydrogen-bond acceptors (Lipinski definition) is 2. The third-order valence-corrected chi connectivity index (χ3v) is 2.72. The van der Waals surface area contributed by atoms with Gasteiger partial charge < -0.3 is 4.98 Å². The molecule has 2 heterocycles. The summed E-state index contributed by atoms with van der Waals surface area (Å²) in [5.74, 6) is 0.845. The largest absolute Gasteiger partial charge is 0.328 e. The van der Waals surface area contributed by atoms with Gasteiger partial charge in [0, 0.05) is 4.88 Å². The Morgan fingerprint density at radius 1 is 1.50 bits per heavy atom. The third kappa shape index (κ3) is 1.38. The molecule has 0 aromatic carbocycles. The van der Waals surface area contributed by atoms with Gasteiger partial charge in [0.2, 0.25) is 0 Å². The van der Waals surface area contributed by atoms with Crippen LogP contribution in [0.15, 0.2) is 18.3 Å². The highest BCUT2D eigenvalue weighted by atomic mass is 35.5. The van der Waals surface area contributed by atoms with Gasteiger partial charge in [-0.2, -0.15) is 0 Å². The van der Waals surface area contributed by atoms with Crippen LogP contribution < -0.4 is 0 Å². The lowest BCUT2D eigenvalue weighted by Gasteiger charge is -1.86. The maximum Gasteiger partial charge on any atom is 0.148 e. The van der Waals surface area contributed by atoms with E-state index in [0.29, 0.717) is 5.15 Å². The number of H-pyrrole nitrogens is 1. The van der Waals surface area contributed by atoms with Gasteiger partial charge in [-0.3, -0.25) is 0 Å². The van der Waals surface area contributed by atoms with Crippen LogP contribution in [0.4, 0.5) is 0 Å². The second kappa shape index (κ2) is 2.92. The van der Waals surface area contributed by atoms with Crippen molar-refractivity contribution in [1.29, 1.82) is 0 Å². The zero-order valence-electron chi connectivity index (χ0n) is 6.47. The number of nitrogens with zero attached hydrogens (tertiary/aromatic N) is 1. The molecule has 4 heteroatoms. The molecule has 0 saturated heterocycles. The van der Waals surface area contributed by atoms with E-state index in [4.69, 9.17) is 11.6 Å². The van der Waals surface area contributed by atoms with Gasteiger partial charge in [-0.25, -0.2) is 4.98 Å². The van der Waals surface area contributed by atoms with E-state index in [1.165, 1.54) is 4.88 Å². The van der Waals surface area contributed by atoms with E-state index >= 15 is 0 Å². The number of thiophene rings is 1. The highest BCUT2D eigenvalue weighted by Crippen LogP contribution is 2.25. The molecule has 2 rings (SSSR count). The van der Waals surface area contributed by atoms with Crippen molar-refractivity contribution in [3.05, 3.63) is 28.4 Å². The maximum absolute atomic E-state index is 5.70. The number of aryl methyl sites for hydroxylation is 1. The van der Waals surface area contributed by atoms with Crippen molar-refractivity contribution in [2.45, 2.75) is 6.92 Å². The first-order valence-corrected chi connectivity index (χ1v) is 4.72. The first-order chi connectivity index (χ1) is 5.75. The molecule has 1 N–H and O–H groups in total. The second-order valence-electron chi connectivity index (χ2n) is 2.49. The number of aromatic amines is 1. The Kier molecular flexibility index (Phi) is 1.90. The molecule has 62 valence electrons. The van der Waals surface area contributed by atoms with Gasteiger partial charge in [-0.05, 0) is 19.1 Å². The fraction of sp³-hybridized carbons (Fsp3) is 0.125. The SMILES string of the molecule is Cc1ccc(-c2ncc(Cl)[nH]2)s1. The molecular weight excluding hydrogens is 192 g/mol. The lowest BCUT2D eigenvalue weighted by atomic mass is 10.4. The fourth-order valence-corrected chi connectivity index (χ4v) is 1.94. The molecule has 0 bridgehead atoms. The molecule has 0 aliphatic carbocycles. The highest BCUT2D eigenvalue weighted by Gasteiger charge is 2.03. The molecule has 0 amide bonds. The lowest BCUT2D eigenvalue weighted by Crippen LogP contribution is -1.72. The van der Waals surface area contributed by atoms with Crippen molar-refractivity contribution in [2.24, 2.45) is 0 Å². The minimum Gasteiger partial charge on any atom is -0.328 e. The summed E-state index contributed by atoms with van der Waals surface area (Å²) in [6.07, 6.45) is 1.62. The molecule has 0 spiro atoms. The van der Waals surface area contributed by atoms with Gasteiger partial charge in [-0.1, -0.05) is 11.6 Å². The Hall–Kier alpha value is -0.800. The summed E-state index contributed by atoms with van der Waals surface area (Å²) in [6, 6.07) is 4.10. The predicted molar refractivity (Wildman–Crippen MR) is 51.6 cm³/mol. The van der Waals surface area contributed by atoms with Crippen molar-refractivity contribution >= 4 is 22.9 Å². The molecule has 0 fully saturated rings. The van der Waals surface area contributed by atoms with Crippen LogP contribution >= 0.6 is 22.9 Å². The number of hydrogen-bond donors (Lipinski definition) is 1. The summed E-state index contributed by atoms with van der Waals surface area (Å²) < 4.78 is 0. The number of halogens is 1. The number of imidazole rings is 1. The molecule has 2 aromatic rings. The Morgan fingerprint density at radius 2 is 2.33 bits per heavy atom. The summed E-state index contributed by atoms with van der Waals surface area (Å²) in [7, 11) is 0. The van der Waals surface area contributed by atoms with Crippen molar-refractivity contribution in [1.82, 2.24) is 9.97 Å². The van der Waals surface area contributed by atoms with Gasteiger partial charge in [0.05, 0.1) is 11.1 Å². The second-order valence-corrected chi connectivity index (χ2v) is 4.19. The molecule has 0 saturated carbocycles. The van der Waals surface area contributed by atoms with Crippen molar-refractivity contribution in [3.63, 3.8) is 0 Å². The Balaban J connectivity index is 2.43. The molecule has 0 aliphatic rings. The van der Waals surface area contributed by atoms with Crippen LogP contribution in [0.5, 0.6) is 0 Å². The summed E-state index contributed by atoms with van der Waals surface area (Å²) in [5, 5.41) is 0.580. The summed E-state index contributed by atoms with van der Waals surface area (Å²) in [4.78, 5) is 9.49. The van der Waals surface area contributed by atoms with Gasteiger partial charge in [0.1, 0.15) is 11.0 Å². The van der Waals surface area contributed by atoms with E-state index in [1.54, 1.807) is 17.5 Å². The monoisotopic (exact) mass is 198 g/mol. The quantitative estimate of drug-likeness (QED) is 0.750. The first-order valence-electron chi connectivity index (χ1n) is 3.53. The Labute approximate surface area is 79.2 Å². The first kappa shape index (κ1) is 7.83. The molecule has 0 radical (unpaired) electrons. The van der Waals surface area contributed by atoms with Gasteiger partial charge in [0.15, 0.2) is 0 Å². The van der Waals surface area contributed by atoms with E-state index in [0.717, 1.165) is 10.7 Å². The van der Waals surface area contributed by atoms with Gasteiger partial charge in [0.25, 0.3) is 0 Å². The molecule has 2 nitrogen and oxygen atoms in total. The van der Waals surface area contributed by atoms with Crippen LogP contribution in [-0.4, -0.2) is 9.97 Å². The third-order valence-electron chi connectivity index (χ3n) is 1.52. The zero-order valence-corrected chi connectivity index (χ0v) is 8.04. The van der Waals surface area contributed by atoms with Crippen LogP contribution in [0, 0.1) is 6.92 Å². The Bertz CT molecular complexity index is 353. The molecule has 0 atom stereocenters. The topological polar surface area (TPSA) is 28.7 Å². The molecular formula is C8H7ClN2S. The van der Waals surface area contributed by atoms with E-state index in [1.807, 2.05) is 6.07 Å². The minimum atomic E-state index is 0.580. The fourth-order valence-electron chi connectivity index (χ4n) is 0.986. The van der Waals surface area contributed by atoms with Crippen LogP contribution in [-0.2, 0) is 0 Å². The number of rotatable bonds is 1. The van der Waals surface area contributed by atoms with Crippen LogP contribution in [0.3, 0.4) is 0 Å². The van der Waals surface area contributed by atoms with E-state index in [-0.39, 0.29) is 0 Å². The van der Waals surface area contributed by atoms with Crippen molar-refractivity contribution in [3.8, 4) is 10.7 Å². The minimum absolute atomic E-state index is 0.580. The normalized spacial score (nSPS) is 10.5. The van der Waals surface area contributed by atoms with Crippen molar-refractivity contribution < 1.29 is 0 Å². The van der Waals surface area contributed by atoms with Gasteiger partial charge in [-0.15, -0.1) is 11.3 Å². The molecule has 0 aliphatic heterocycles. The predicted octanol–water partition coefficient (Wildman–Crippen LogP) is 3.10. The zero-order chi connectivity index (χ0) is 8.55. The standard InChI is InChI=1S/C8H7ClN2S/c1-5-2-3-6(12-5)8-10-4-7(9)11-8/h2-4H,1H3,(H,10,11). The van der Waals surface area contributed by atoms with E-state index < -0.39 is 0 Å². The number of nitrogens with one attached hydrogen (secondary N) is 1. The smallest absolute Gasteiger partial charge is 0.148 e. The average Bonchev–Trinajstić information content (AvgIpc) is 2.58. The van der Waals surface area contributed by atoms with Crippen LogP contribution in [0.1, 0.15) is 4.88 Å². The number of aromatic nitrogens is 2. The molecule has 2 aromatic heterocycles. The maximum atomic E-state index is 5.70. The summed E-state index contributed by atoms with van der Waals surface area (Å²) >= 11 is 7.41. The lowest BCUT2D eigenvalue weighted by molar-refractivity contribution is 1.33. The Morgan fingerprint density at radius 3 is 2.83 bits per heavy atom. The molecule has 12 heavy (non-hydrogen) atoms. The van der Waals surface area contributed by atoms with E-state index in [2.05, 4.69) is 23.0 Å².